The molecule has 3 aromatic rings. The zero-order chi connectivity index (χ0) is 23.4. The number of aromatic nitrogens is 1. The van der Waals surface area contributed by atoms with Gasteiger partial charge in [-0.2, -0.15) is 0 Å². The van der Waals surface area contributed by atoms with E-state index in [4.69, 9.17) is 4.74 Å². The Morgan fingerprint density at radius 2 is 1.94 bits per heavy atom. The molecule has 0 N–H and O–H groups in total. The molecule has 3 heteroatoms. The van der Waals surface area contributed by atoms with Gasteiger partial charge in [-0.3, -0.25) is 4.79 Å². The maximum absolute atomic E-state index is 14.0. The zero-order valence-corrected chi connectivity index (χ0v) is 20.8. The lowest BCUT2D eigenvalue weighted by atomic mass is 9.44. The summed E-state index contributed by atoms with van der Waals surface area (Å²) in [4.78, 5) is 14.0. The Bertz CT molecular complexity index is 1260. The van der Waals surface area contributed by atoms with Gasteiger partial charge < -0.3 is 9.30 Å². The topological polar surface area (TPSA) is 31.2 Å². The molecule has 1 fully saturated rings. The standard InChI is InChI=1S/C30H37NO2/c1-20(2)9-8-15-30-25-18-24-23-10-6-7-11-26(23)31(19-33-5)27(24)17-22(25)14-16-29(30,4)21(3)12-13-28(30)32/h6-7,9-11,17-18,21H,8,12-16,19H2,1-5H3/t21-,29+,30-/m1/s1. The number of fused-ring (bicyclic) bond motifs is 6. The van der Waals surface area contributed by atoms with Crippen molar-refractivity contribution in [1.29, 1.82) is 0 Å². The fourth-order valence-corrected chi connectivity index (χ4v) is 7.08. The van der Waals surface area contributed by atoms with E-state index in [2.05, 4.69) is 74.7 Å². The van der Waals surface area contributed by atoms with Gasteiger partial charge in [0.1, 0.15) is 12.5 Å². The van der Waals surface area contributed by atoms with Crippen molar-refractivity contribution in [3.05, 3.63) is 59.2 Å². The van der Waals surface area contributed by atoms with E-state index in [9.17, 15) is 4.79 Å². The number of aryl methyl sites for hydroxylation is 1. The summed E-state index contributed by atoms with van der Waals surface area (Å²) in [6.45, 7) is 9.65. The Labute approximate surface area is 197 Å². The van der Waals surface area contributed by atoms with E-state index in [0.29, 0.717) is 24.9 Å². The minimum Gasteiger partial charge on any atom is -0.364 e. The summed E-state index contributed by atoms with van der Waals surface area (Å²) in [5, 5.41) is 2.49. The smallest absolute Gasteiger partial charge is 0.143 e. The van der Waals surface area contributed by atoms with Crippen LogP contribution in [0.25, 0.3) is 21.8 Å². The first kappa shape index (κ1) is 22.4. The highest BCUT2D eigenvalue weighted by molar-refractivity contribution is 6.09. The van der Waals surface area contributed by atoms with Gasteiger partial charge in [0.2, 0.25) is 0 Å². The number of carbonyl (C=O) groups is 1. The molecule has 0 saturated heterocycles. The first-order chi connectivity index (χ1) is 15.8. The van der Waals surface area contributed by atoms with Crippen molar-refractivity contribution in [3.63, 3.8) is 0 Å². The lowest BCUT2D eigenvalue weighted by Gasteiger charge is -2.58. The third-order valence-electron chi connectivity index (χ3n) is 9.04. The highest BCUT2D eigenvalue weighted by atomic mass is 16.5. The van der Waals surface area contributed by atoms with Gasteiger partial charge >= 0.3 is 0 Å². The van der Waals surface area contributed by atoms with Gasteiger partial charge in [-0.15, -0.1) is 0 Å². The van der Waals surface area contributed by atoms with Crippen LogP contribution in [0, 0.1) is 11.3 Å². The predicted octanol–water partition coefficient (Wildman–Crippen LogP) is 7.33. The van der Waals surface area contributed by atoms with Crippen LogP contribution in [0.4, 0.5) is 0 Å². The number of rotatable bonds is 5. The fraction of sp³-hybridized carbons (Fsp3) is 0.500. The Morgan fingerprint density at radius 1 is 1.15 bits per heavy atom. The van der Waals surface area contributed by atoms with E-state index in [1.165, 1.54) is 38.5 Å². The number of hydrogen-bond acceptors (Lipinski definition) is 2. The number of ketones is 1. The van der Waals surface area contributed by atoms with Gasteiger partial charge in [-0.05, 0) is 86.6 Å². The van der Waals surface area contributed by atoms with Crippen LogP contribution in [-0.4, -0.2) is 17.5 Å². The lowest BCUT2D eigenvalue weighted by Crippen LogP contribution is -2.58. The minimum absolute atomic E-state index is 0.00337. The molecule has 0 bridgehead atoms. The van der Waals surface area contributed by atoms with Gasteiger partial charge in [0.15, 0.2) is 0 Å². The summed E-state index contributed by atoms with van der Waals surface area (Å²) in [7, 11) is 1.75. The molecule has 0 spiro atoms. The molecule has 2 aliphatic carbocycles. The molecule has 33 heavy (non-hydrogen) atoms. The molecule has 5 rings (SSSR count). The van der Waals surface area contributed by atoms with Crippen molar-refractivity contribution in [2.45, 2.75) is 78.4 Å². The summed E-state index contributed by atoms with van der Waals surface area (Å²) < 4.78 is 7.85. The first-order valence-electron chi connectivity index (χ1n) is 12.5. The quantitative estimate of drug-likeness (QED) is 0.386. The maximum atomic E-state index is 14.0. The van der Waals surface area contributed by atoms with E-state index >= 15 is 0 Å². The zero-order valence-electron chi connectivity index (χ0n) is 20.8. The number of para-hydroxylation sites is 1. The van der Waals surface area contributed by atoms with Crippen LogP contribution in [0.5, 0.6) is 0 Å². The van der Waals surface area contributed by atoms with Crippen LogP contribution in [0.3, 0.4) is 0 Å². The monoisotopic (exact) mass is 443 g/mol. The Morgan fingerprint density at radius 3 is 2.70 bits per heavy atom. The molecule has 0 amide bonds. The average molecular weight is 444 g/mol. The van der Waals surface area contributed by atoms with Crippen molar-refractivity contribution < 1.29 is 9.53 Å². The number of methoxy groups -OCH3 is 1. The maximum Gasteiger partial charge on any atom is 0.143 e. The van der Waals surface area contributed by atoms with Gasteiger partial charge in [-0.25, -0.2) is 0 Å². The molecule has 0 unspecified atom stereocenters. The molecule has 3 nitrogen and oxygen atoms in total. The molecule has 1 heterocycles. The van der Waals surface area contributed by atoms with Gasteiger partial charge in [-0.1, -0.05) is 43.7 Å². The van der Waals surface area contributed by atoms with E-state index in [0.717, 1.165) is 32.1 Å². The normalized spacial score (nSPS) is 26.9. The average Bonchev–Trinajstić information content (AvgIpc) is 3.10. The highest BCUT2D eigenvalue weighted by Gasteiger charge is 2.60. The Hall–Kier alpha value is -2.39. The third kappa shape index (κ3) is 3.15. The molecular formula is C30H37NO2. The van der Waals surface area contributed by atoms with Gasteiger partial charge in [0.05, 0.1) is 16.4 Å². The molecule has 2 aromatic carbocycles. The molecule has 0 radical (unpaired) electrons. The molecule has 174 valence electrons. The lowest BCUT2D eigenvalue weighted by molar-refractivity contribution is -0.139. The number of nitrogens with zero attached hydrogens (tertiary/aromatic N) is 1. The highest BCUT2D eigenvalue weighted by Crippen LogP contribution is 2.61. The van der Waals surface area contributed by atoms with Crippen molar-refractivity contribution in [3.8, 4) is 0 Å². The number of Topliss-reactive ketones (excluding diaryl/α,β-unsaturated/α-hetero) is 1. The second-order valence-corrected chi connectivity index (χ2v) is 10.9. The summed E-state index contributed by atoms with van der Waals surface area (Å²) >= 11 is 0. The summed E-state index contributed by atoms with van der Waals surface area (Å²) in [6, 6.07) is 13.4. The van der Waals surface area contributed by atoms with Crippen LogP contribution in [0.1, 0.15) is 70.9 Å². The van der Waals surface area contributed by atoms with Crippen molar-refractivity contribution in [1.82, 2.24) is 4.57 Å². The molecular weight excluding hydrogens is 406 g/mol. The van der Waals surface area contributed by atoms with Crippen molar-refractivity contribution in [2.75, 3.05) is 7.11 Å². The Balaban J connectivity index is 1.81. The predicted molar refractivity (Wildman–Crippen MR) is 137 cm³/mol. The summed E-state index contributed by atoms with van der Waals surface area (Å²) in [6.07, 6.45) is 8.03. The van der Waals surface area contributed by atoms with Crippen LogP contribution in [0.2, 0.25) is 0 Å². The van der Waals surface area contributed by atoms with E-state index in [-0.39, 0.29) is 5.41 Å². The van der Waals surface area contributed by atoms with Crippen LogP contribution >= 0.6 is 0 Å². The van der Waals surface area contributed by atoms with Crippen LogP contribution < -0.4 is 0 Å². The second kappa shape index (κ2) is 8.13. The molecule has 1 saturated carbocycles. The number of ether oxygens (including phenoxy) is 1. The molecule has 0 aliphatic heterocycles. The van der Waals surface area contributed by atoms with Crippen molar-refractivity contribution in [2.24, 2.45) is 11.3 Å². The van der Waals surface area contributed by atoms with Crippen LogP contribution in [-0.2, 0) is 28.1 Å². The number of allylic oxidation sites excluding steroid dienone is 2. The fourth-order valence-electron chi connectivity index (χ4n) is 7.08. The number of hydrogen-bond donors (Lipinski definition) is 0. The molecule has 3 atom stereocenters. The number of benzene rings is 2. The number of carbonyl (C=O) groups excluding carboxylic acids is 1. The molecule has 2 aliphatic rings. The second-order valence-electron chi connectivity index (χ2n) is 10.9. The van der Waals surface area contributed by atoms with E-state index in [1.807, 2.05) is 0 Å². The third-order valence-corrected chi connectivity index (χ3v) is 9.04. The SMILES string of the molecule is COCn1c2ccccc2c2cc3c(cc21)CC[C@@]1(C)[C@H](C)CCC(=O)[C@@]31CCC=C(C)C. The largest absolute Gasteiger partial charge is 0.364 e. The summed E-state index contributed by atoms with van der Waals surface area (Å²) in [5.74, 6) is 1.01. The van der Waals surface area contributed by atoms with E-state index in [1.54, 1.807) is 7.11 Å². The Kier molecular flexibility index (Phi) is 5.52. The van der Waals surface area contributed by atoms with Crippen molar-refractivity contribution >= 4 is 27.6 Å². The first-order valence-corrected chi connectivity index (χ1v) is 12.5. The van der Waals surface area contributed by atoms with Gasteiger partial charge in [0, 0.05) is 24.3 Å². The van der Waals surface area contributed by atoms with E-state index < -0.39 is 5.41 Å². The van der Waals surface area contributed by atoms with Gasteiger partial charge in [0.25, 0.3) is 0 Å². The minimum atomic E-state index is -0.400. The molecule has 1 aromatic heterocycles. The van der Waals surface area contributed by atoms with Crippen LogP contribution in [0.15, 0.2) is 48.0 Å². The summed E-state index contributed by atoms with van der Waals surface area (Å²) in [5.41, 5.74) is 6.02.